The highest BCUT2D eigenvalue weighted by molar-refractivity contribution is 6.28. The minimum absolute atomic E-state index is 0.0306. The van der Waals surface area contributed by atoms with Crippen LogP contribution in [0.4, 0.5) is 0 Å². The van der Waals surface area contributed by atoms with Crippen molar-refractivity contribution in [1.29, 1.82) is 0 Å². The van der Waals surface area contributed by atoms with Gasteiger partial charge >= 0.3 is 0 Å². The molecule has 3 aromatic heterocycles. The number of fused-ring (bicyclic) bond motifs is 9. The molecular formula is C39H25N3O. The Labute approximate surface area is 246 Å². The summed E-state index contributed by atoms with van der Waals surface area (Å²) < 4.78 is 6.47. The van der Waals surface area contributed by atoms with Crippen molar-refractivity contribution >= 4 is 54.5 Å². The van der Waals surface area contributed by atoms with E-state index in [0.717, 1.165) is 66.2 Å². The van der Waals surface area contributed by atoms with Gasteiger partial charge < -0.3 is 9.13 Å². The molecule has 0 saturated carbocycles. The third kappa shape index (κ3) is 3.29. The van der Waals surface area contributed by atoms with E-state index in [2.05, 4.69) is 106 Å². The van der Waals surface area contributed by atoms with Crippen LogP contribution < -0.4 is 5.56 Å². The second-order valence-corrected chi connectivity index (χ2v) is 10.9. The molecule has 0 N–H and O–H groups in total. The lowest BCUT2D eigenvalue weighted by Gasteiger charge is -2.14. The molecule has 202 valence electrons. The minimum atomic E-state index is -0.0306. The molecule has 0 radical (unpaired) electrons. The summed E-state index contributed by atoms with van der Waals surface area (Å²) in [4.78, 5) is 15.0. The predicted molar refractivity (Wildman–Crippen MR) is 178 cm³/mol. The fourth-order valence-electron chi connectivity index (χ4n) is 6.91. The smallest absolute Gasteiger partial charge is 0.265 e. The predicted octanol–water partition coefficient (Wildman–Crippen LogP) is 9.18. The summed E-state index contributed by atoms with van der Waals surface area (Å²) in [5, 5.41) is 4.98. The minimum Gasteiger partial charge on any atom is -0.309 e. The third-order valence-corrected chi connectivity index (χ3v) is 8.63. The van der Waals surface area contributed by atoms with E-state index < -0.39 is 0 Å². The largest absolute Gasteiger partial charge is 0.309 e. The monoisotopic (exact) mass is 551 g/mol. The van der Waals surface area contributed by atoms with Crippen LogP contribution in [0.15, 0.2) is 156 Å². The zero-order valence-corrected chi connectivity index (χ0v) is 23.2. The number of aromatic nitrogens is 3. The van der Waals surface area contributed by atoms with Gasteiger partial charge in [-0.2, -0.15) is 0 Å². The van der Waals surface area contributed by atoms with Gasteiger partial charge in [0.25, 0.3) is 5.56 Å². The van der Waals surface area contributed by atoms with E-state index in [1.54, 1.807) is 0 Å². The van der Waals surface area contributed by atoms with Crippen molar-refractivity contribution in [3.05, 3.63) is 162 Å². The van der Waals surface area contributed by atoms with Crippen LogP contribution in [0.25, 0.3) is 71.6 Å². The van der Waals surface area contributed by atoms with Crippen molar-refractivity contribution in [2.24, 2.45) is 0 Å². The summed E-state index contributed by atoms with van der Waals surface area (Å²) in [5.74, 6) is 0. The lowest BCUT2D eigenvalue weighted by molar-refractivity contribution is 1.06. The summed E-state index contributed by atoms with van der Waals surface area (Å²) in [5.41, 5.74) is 7.85. The first-order valence-corrected chi connectivity index (χ1v) is 14.5. The highest BCUT2D eigenvalue weighted by Gasteiger charge is 2.25. The molecule has 0 amide bonds. The summed E-state index contributed by atoms with van der Waals surface area (Å²) >= 11 is 0. The molecule has 0 aliphatic rings. The number of benzene rings is 6. The van der Waals surface area contributed by atoms with Crippen LogP contribution in [-0.4, -0.2) is 13.7 Å². The van der Waals surface area contributed by atoms with Gasteiger partial charge in [-0.3, -0.25) is 9.36 Å². The Hall–Kier alpha value is -5.87. The molecule has 9 aromatic rings. The number of hydrogen-bond donors (Lipinski definition) is 0. The molecule has 3 heterocycles. The van der Waals surface area contributed by atoms with Crippen molar-refractivity contribution in [3.63, 3.8) is 0 Å². The molecular weight excluding hydrogens is 526 g/mol. The van der Waals surface area contributed by atoms with Gasteiger partial charge in [0.1, 0.15) is 0 Å². The Morgan fingerprint density at radius 1 is 0.326 bits per heavy atom. The Bertz CT molecular complexity index is 2560. The van der Waals surface area contributed by atoms with Crippen LogP contribution in [0.2, 0.25) is 0 Å². The Balaban J connectivity index is 1.63. The fraction of sp³-hybridized carbons (Fsp3) is 0. The lowest BCUT2D eigenvalue weighted by atomic mass is 10.1. The highest BCUT2D eigenvalue weighted by atomic mass is 16.1. The van der Waals surface area contributed by atoms with Crippen molar-refractivity contribution < 1.29 is 0 Å². The maximum absolute atomic E-state index is 15.0. The third-order valence-electron chi connectivity index (χ3n) is 8.63. The SMILES string of the molecule is O=c1c2c3c(ccc4c5ccccc5n(-c5ccccc5)c43)n(-c3ccccc3)c2c2ccccc2n1-c1ccccc1. The van der Waals surface area contributed by atoms with Crippen molar-refractivity contribution in [3.8, 4) is 17.1 Å². The first-order valence-electron chi connectivity index (χ1n) is 14.5. The van der Waals surface area contributed by atoms with Gasteiger partial charge in [0.2, 0.25) is 0 Å². The number of pyridine rings is 1. The zero-order chi connectivity index (χ0) is 28.5. The van der Waals surface area contributed by atoms with Crippen molar-refractivity contribution in [2.75, 3.05) is 0 Å². The zero-order valence-electron chi connectivity index (χ0n) is 23.2. The number of hydrogen-bond acceptors (Lipinski definition) is 1. The average Bonchev–Trinajstić information content (AvgIpc) is 3.60. The summed E-state index contributed by atoms with van der Waals surface area (Å²) in [6.45, 7) is 0. The lowest BCUT2D eigenvalue weighted by Crippen LogP contribution is -2.19. The van der Waals surface area contributed by atoms with Gasteiger partial charge in [-0.05, 0) is 54.6 Å². The molecule has 0 saturated heterocycles. The molecule has 0 aliphatic heterocycles. The molecule has 9 rings (SSSR count). The Morgan fingerprint density at radius 2 is 0.767 bits per heavy atom. The molecule has 0 aliphatic carbocycles. The van der Waals surface area contributed by atoms with Crippen molar-refractivity contribution in [1.82, 2.24) is 13.7 Å². The summed E-state index contributed by atoms with van der Waals surface area (Å²) in [6.07, 6.45) is 0. The van der Waals surface area contributed by atoms with Gasteiger partial charge in [0.05, 0.1) is 33.0 Å². The standard InChI is InChI=1S/C39H25N3O/c43-39-36-35-34(25-24-30-29-20-10-12-22-32(29)40(37(30)35)26-14-4-1-5-15-26)41(27-16-6-2-7-17-27)38(36)31-21-11-13-23-33(31)42(39)28-18-8-3-9-19-28/h1-25H. The van der Waals surface area contributed by atoms with E-state index in [1.165, 1.54) is 0 Å². The fourth-order valence-corrected chi connectivity index (χ4v) is 6.91. The average molecular weight is 552 g/mol. The Kier molecular flexibility index (Phi) is 5.02. The van der Waals surface area contributed by atoms with Crippen LogP contribution in [-0.2, 0) is 0 Å². The number of para-hydroxylation sites is 5. The van der Waals surface area contributed by atoms with Crippen LogP contribution in [0, 0.1) is 0 Å². The molecule has 43 heavy (non-hydrogen) atoms. The van der Waals surface area contributed by atoms with Crippen LogP contribution in [0.3, 0.4) is 0 Å². The van der Waals surface area contributed by atoms with E-state index in [9.17, 15) is 0 Å². The molecule has 0 bridgehead atoms. The van der Waals surface area contributed by atoms with Crippen LogP contribution in [0.1, 0.15) is 0 Å². The highest BCUT2D eigenvalue weighted by Crippen LogP contribution is 2.42. The second kappa shape index (κ2) is 9.07. The van der Waals surface area contributed by atoms with Crippen LogP contribution >= 0.6 is 0 Å². The molecule has 4 heteroatoms. The summed E-state index contributed by atoms with van der Waals surface area (Å²) in [6, 6.07) is 52.0. The number of nitrogens with zero attached hydrogens (tertiary/aromatic N) is 3. The van der Waals surface area contributed by atoms with E-state index in [0.29, 0.717) is 5.39 Å². The quantitative estimate of drug-likeness (QED) is 0.215. The van der Waals surface area contributed by atoms with Gasteiger partial charge in [-0.25, -0.2) is 0 Å². The normalized spacial score (nSPS) is 11.8. The summed E-state index contributed by atoms with van der Waals surface area (Å²) in [7, 11) is 0. The second-order valence-electron chi connectivity index (χ2n) is 10.9. The maximum atomic E-state index is 15.0. The molecule has 0 unspecified atom stereocenters. The molecule has 0 atom stereocenters. The van der Waals surface area contributed by atoms with Crippen LogP contribution in [0.5, 0.6) is 0 Å². The maximum Gasteiger partial charge on any atom is 0.265 e. The van der Waals surface area contributed by atoms with E-state index >= 15 is 4.79 Å². The Morgan fingerprint density at radius 3 is 1.37 bits per heavy atom. The van der Waals surface area contributed by atoms with Gasteiger partial charge in [-0.1, -0.05) is 97.1 Å². The van der Waals surface area contributed by atoms with Gasteiger partial charge in [-0.15, -0.1) is 0 Å². The van der Waals surface area contributed by atoms with E-state index in [-0.39, 0.29) is 5.56 Å². The molecule has 4 nitrogen and oxygen atoms in total. The van der Waals surface area contributed by atoms with Gasteiger partial charge in [0.15, 0.2) is 0 Å². The first kappa shape index (κ1) is 23.8. The first-order chi connectivity index (χ1) is 21.3. The topological polar surface area (TPSA) is 31.9 Å². The van der Waals surface area contributed by atoms with Gasteiger partial charge in [0, 0.05) is 38.6 Å². The van der Waals surface area contributed by atoms with E-state index in [4.69, 9.17) is 0 Å². The molecule has 0 fully saturated rings. The molecule has 0 spiro atoms. The van der Waals surface area contributed by atoms with Crippen molar-refractivity contribution in [2.45, 2.75) is 0 Å². The molecule has 6 aromatic carbocycles. The van der Waals surface area contributed by atoms with E-state index in [1.807, 2.05) is 59.2 Å². The number of rotatable bonds is 3.